The summed E-state index contributed by atoms with van der Waals surface area (Å²) >= 11 is 0. The molecule has 0 aliphatic heterocycles. The summed E-state index contributed by atoms with van der Waals surface area (Å²) < 4.78 is 66.9. The number of carboxylic acid groups (broad SMARTS) is 1. The summed E-state index contributed by atoms with van der Waals surface area (Å²) in [7, 11) is 0. The fourth-order valence-electron chi connectivity index (χ4n) is 2.83. The van der Waals surface area contributed by atoms with Crippen molar-refractivity contribution in [1.29, 1.82) is 0 Å². The number of fused-ring (bicyclic) bond motifs is 3. The monoisotopic (exact) mass is 294 g/mol. The van der Waals surface area contributed by atoms with Gasteiger partial charge in [0.15, 0.2) is 5.69 Å². The molecule has 9 heteroatoms. The van der Waals surface area contributed by atoms with Gasteiger partial charge in [-0.1, -0.05) is 12.2 Å². The van der Waals surface area contributed by atoms with Gasteiger partial charge in [0, 0.05) is 11.5 Å². The van der Waals surface area contributed by atoms with E-state index >= 15 is 0 Å². The summed E-state index contributed by atoms with van der Waals surface area (Å²) in [6, 6.07) is 0. The quantitative estimate of drug-likeness (QED) is 0.673. The van der Waals surface area contributed by atoms with Gasteiger partial charge in [-0.15, -0.1) is 0 Å². The molecule has 1 N–H and O–H groups in total. The van der Waals surface area contributed by atoms with Crippen LogP contribution in [0.5, 0.6) is 0 Å². The van der Waals surface area contributed by atoms with E-state index < -0.39 is 53.4 Å². The number of hydrogen-bond donors (Lipinski definition) is 1. The standard InChI is InChI=1S/C11H7F5N2O2/c1-3-5-6-8(11(14,15)16)17-18(2-4(19)20)9(6)10(12,13)7(3)5/h5,7H,1-2H2,(H,19,20)/t5-,7-/m1/s1. The molecule has 0 radical (unpaired) electrons. The van der Waals surface area contributed by atoms with Crippen molar-refractivity contribution in [3.05, 3.63) is 29.1 Å². The van der Waals surface area contributed by atoms with Crippen molar-refractivity contribution in [3.63, 3.8) is 0 Å². The Labute approximate surface area is 108 Å². The molecule has 2 aliphatic rings. The van der Waals surface area contributed by atoms with Crippen LogP contribution in [0.15, 0.2) is 12.2 Å². The highest BCUT2D eigenvalue weighted by Crippen LogP contribution is 2.71. The number of aromatic nitrogens is 2. The Kier molecular flexibility index (Phi) is 2.21. The molecule has 1 fully saturated rings. The van der Waals surface area contributed by atoms with Crippen molar-refractivity contribution in [2.24, 2.45) is 5.92 Å². The van der Waals surface area contributed by atoms with E-state index in [2.05, 4.69) is 11.7 Å². The SMILES string of the molecule is C=C1[C@@H]2c3c(C(F)(F)F)nn(CC(=O)O)c3C(F)(F)[C@H]12. The number of alkyl halides is 5. The van der Waals surface area contributed by atoms with Gasteiger partial charge in [0.05, 0.1) is 5.92 Å². The van der Waals surface area contributed by atoms with Crippen LogP contribution in [0, 0.1) is 5.92 Å². The number of rotatable bonds is 2. The average Bonchev–Trinajstić information content (AvgIpc) is 2.66. The van der Waals surface area contributed by atoms with E-state index in [1.54, 1.807) is 0 Å². The first-order valence-corrected chi connectivity index (χ1v) is 5.53. The molecule has 0 aromatic carbocycles. The summed E-state index contributed by atoms with van der Waals surface area (Å²) in [6.07, 6.45) is -4.92. The van der Waals surface area contributed by atoms with E-state index in [0.717, 1.165) is 0 Å². The summed E-state index contributed by atoms with van der Waals surface area (Å²) in [5.41, 5.74) is -2.99. The maximum absolute atomic E-state index is 14.1. The number of aliphatic carboxylic acids is 1. The van der Waals surface area contributed by atoms with Gasteiger partial charge in [0.25, 0.3) is 5.92 Å². The first-order valence-electron chi connectivity index (χ1n) is 5.53. The highest BCUT2D eigenvalue weighted by atomic mass is 19.4. The molecule has 20 heavy (non-hydrogen) atoms. The van der Waals surface area contributed by atoms with Crippen LogP contribution in [0.3, 0.4) is 0 Å². The zero-order valence-corrected chi connectivity index (χ0v) is 9.71. The fraction of sp³-hybridized carbons (Fsp3) is 0.455. The second-order valence-corrected chi connectivity index (χ2v) is 4.81. The van der Waals surface area contributed by atoms with Crippen LogP contribution in [0.25, 0.3) is 0 Å². The number of allylic oxidation sites excluding steroid dienone is 1. The van der Waals surface area contributed by atoms with Crippen molar-refractivity contribution in [2.75, 3.05) is 0 Å². The third kappa shape index (κ3) is 1.46. The van der Waals surface area contributed by atoms with Crippen molar-refractivity contribution in [2.45, 2.75) is 24.6 Å². The van der Waals surface area contributed by atoms with Crippen LogP contribution in [0.2, 0.25) is 0 Å². The van der Waals surface area contributed by atoms with Gasteiger partial charge in [-0.3, -0.25) is 9.48 Å². The molecule has 3 rings (SSSR count). The summed E-state index contributed by atoms with van der Waals surface area (Å²) in [6.45, 7) is 2.30. The maximum atomic E-state index is 14.1. The molecule has 108 valence electrons. The Bertz CT molecular complexity index is 646. The predicted molar refractivity (Wildman–Crippen MR) is 54.1 cm³/mol. The maximum Gasteiger partial charge on any atom is 0.435 e. The summed E-state index contributed by atoms with van der Waals surface area (Å²) in [5, 5.41) is 11.6. The Morgan fingerprint density at radius 1 is 1.45 bits per heavy atom. The van der Waals surface area contributed by atoms with Crippen LogP contribution >= 0.6 is 0 Å². The molecular weight excluding hydrogens is 287 g/mol. The van der Waals surface area contributed by atoms with Crippen LogP contribution in [0.1, 0.15) is 22.9 Å². The van der Waals surface area contributed by atoms with Crippen LogP contribution in [0.4, 0.5) is 22.0 Å². The van der Waals surface area contributed by atoms with Crippen molar-refractivity contribution in [3.8, 4) is 0 Å². The molecule has 0 bridgehead atoms. The molecule has 0 saturated heterocycles. The first-order chi connectivity index (χ1) is 9.06. The number of nitrogens with zero attached hydrogens (tertiary/aromatic N) is 2. The van der Waals surface area contributed by atoms with Gasteiger partial charge in [-0.2, -0.15) is 27.1 Å². The minimum atomic E-state index is -4.92. The highest BCUT2D eigenvalue weighted by Gasteiger charge is 2.70. The Balaban J connectivity index is 2.23. The third-order valence-electron chi connectivity index (χ3n) is 3.58. The minimum absolute atomic E-state index is 0.0304. The molecule has 1 aromatic heterocycles. The fourth-order valence-corrected chi connectivity index (χ4v) is 2.83. The van der Waals surface area contributed by atoms with Crippen LogP contribution in [-0.4, -0.2) is 20.9 Å². The first kappa shape index (κ1) is 13.1. The van der Waals surface area contributed by atoms with Gasteiger partial charge < -0.3 is 5.11 Å². The Hall–Kier alpha value is -1.93. The zero-order chi connectivity index (χ0) is 15.0. The minimum Gasteiger partial charge on any atom is -0.480 e. The Morgan fingerprint density at radius 2 is 2.05 bits per heavy atom. The lowest BCUT2D eigenvalue weighted by atomic mass is 10.1. The van der Waals surface area contributed by atoms with Crippen molar-refractivity contribution < 1.29 is 31.9 Å². The lowest BCUT2D eigenvalue weighted by Gasteiger charge is -2.14. The largest absolute Gasteiger partial charge is 0.480 e. The molecule has 4 nitrogen and oxygen atoms in total. The second kappa shape index (κ2) is 3.39. The van der Waals surface area contributed by atoms with E-state index in [4.69, 9.17) is 5.11 Å². The molecule has 0 unspecified atom stereocenters. The van der Waals surface area contributed by atoms with E-state index in [1.165, 1.54) is 0 Å². The van der Waals surface area contributed by atoms with Gasteiger partial charge in [0.1, 0.15) is 12.2 Å². The molecule has 2 aliphatic carbocycles. The van der Waals surface area contributed by atoms with E-state index in [1.807, 2.05) is 0 Å². The number of halogens is 5. The van der Waals surface area contributed by atoms with Crippen LogP contribution < -0.4 is 0 Å². The predicted octanol–water partition coefficient (Wildman–Crippen LogP) is 2.36. The number of hydrogen-bond acceptors (Lipinski definition) is 2. The third-order valence-corrected chi connectivity index (χ3v) is 3.58. The van der Waals surface area contributed by atoms with E-state index in [-0.39, 0.29) is 10.3 Å². The summed E-state index contributed by atoms with van der Waals surface area (Å²) in [4.78, 5) is 10.6. The number of carbonyl (C=O) groups is 1. The van der Waals surface area contributed by atoms with Crippen molar-refractivity contribution >= 4 is 5.97 Å². The molecule has 0 amide bonds. The summed E-state index contributed by atoms with van der Waals surface area (Å²) in [5.74, 6) is -7.57. The van der Waals surface area contributed by atoms with E-state index in [0.29, 0.717) is 0 Å². The smallest absolute Gasteiger partial charge is 0.435 e. The van der Waals surface area contributed by atoms with Crippen LogP contribution in [-0.2, 0) is 23.4 Å². The van der Waals surface area contributed by atoms with Gasteiger partial charge >= 0.3 is 12.1 Å². The van der Waals surface area contributed by atoms with Gasteiger partial charge in [-0.25, -0.2) is 0 Å². The van der Waals surface area contributed by atoms with E-state index in [9.17, 15) is 26.7 Å². The molecule has 0 spiro atoms. The molecule has 1 heterocycles. The lowest BCUT2D eigenvalue weighted by molar-refractivity contribution is -0.143. The molecule has 1 saturated carbocycles. The van der Waals surface area contributed by atoms with Gasteiger partial charge in [-0.05, 0) is 0 Å². The normalized spacial score (nSPS) is 26.4. The highest BCUT2D eigenvalue weighted by molar-refractivity contribution is 5.67. The molecule has 1 aromatic rings. The second-order valence-electron chi connectivity index (χ2n) is 4.81. The molecular formula is C11H7F5N2O2. The zero-order valence-electron chi connectivity index (χ0n) is 9.71. The van der Waals surface area contributed by atoms with Crippen molar-refractivity contribution in [1.82, 2.24) is 9.78 Å². The Morgan fingerprint density at radius 3 is 2.55 bits per heavy atom. The topological polar surface area (TPSA) is 55.1 Å². The number of carboxylic acids is 1. The van der Waals surface area contributed by atoms with Gasteiger partial charge in [0.2, 0.25) is 0 Å². The average molecular weight is 294 g/mol. The lowest BCUT2D eigenvalue weighted by Crippen LogP contribution is -2.23. The molecule has 2 atom stereocenters.